The van der Waals surface area contributed by atoms with Crippen LogP contribution in [0.15, 0.2) is 18.2 Å². The topological polar surface area (TPSA) is 64.3 Å². The lowest BCUT2D eigenvalue weighted by Gasteiger charge is -2.01. The molecule has 1 heterocycles. The lowest BCUT2D eigenvalue weighted by atomic mass is 10.3. The smallest absolute Gasteiger partial charge is 0.313 e. The standard InChI is InChI=1S/C12H14N2O3S/c1-14-10-4-3-8(17-2)5-9(10)13-11(14)6-18-7-12(15)16/h3-5H,6-7H2,1-2H3,(H,15,16). The predicted octanol–water partition coefficient (Wildman–Crippen LogP) is 1.90. The van der Waals surface area contributed by atoms with Gasteiger partial charge in [-0.2, -0.15) is 0 Å². The second kappa shape index (κ2) is 5.30. The first-order valence-corrected chi connectivity index (χ1v) is 6.56. The highest BCUT2D eigenvalue weighted by atomic mass is 32.2. The van der Waals surface area contributed by atoms with E-state index >= 15 is 0 Å². The summed E-state index contributed by atoms with van der Waals surface area (Å²) in [5.74, 6) is 1.50. The number of hydrogen-bond donors (Lipinski definition) is 1. The van der Waals surface area contributed by atoms with Gasteiger partial charge in [0.25, 0.3) is 0 Å². The highest BCUT2D eigenvalue weighted by molar-refractivity contribution is 7.99. The fourth-order valence-electron chi connectivity index (χ4n) is 1.72. The summed E-state index contributed by atoms with van der Waals surface area (Å²) in [7, 11) is 3.55. The Morgan fingerprint density at radius 3 is 3.00 bits per heavy atom. The van der Waals surface area contributed by atoms with Gasteiger partial charge in [0, 0.05) is 13.1 Å². The Labute approximate surface area is 109 Å². The Kier molecular flexibility index (Phi) is 3.76. The molecule has 0 aliphatic heterocycles. The summed E-state index contributed by atoms with van der Waals surface area (Å²) < 4.78 is 7.13. The van der Waals surface area contributed by atoms with Gasteiger partial charge in [0.15, 0.2) is 0 Å². The number of fused-ring (bicyclic) bond motifs is 1. The third kappa shape index (κ3) is 2.59. The molecule has 1 N–H and O–H groups in total. The molecule has 5 nitrogen and oxygen atoms in total. The Bertz CT molecular complexity index is 580. The number of hydrogen-bond acceptors (Lipinski definition) is 4. The van der Waals surface area contributed by atoms with E-state index in [4.69, 9.17) is 9.84 Å². The lowest BCUT2D eigenvalue weighted by molar-refractivity contribution is -0.133. The SMILES string of the molecule is COc1ccc2c(c1)nc(CSCC(=O)O)n2C. The van der Waals surface area contributed by atoms with Crippen molar-refractivity contribution in [2.24, 2.45) is 7.05 Å². The maximum atomic E-state index is 10.5. The Hall–Kier alpha value is -1.69. The molecule has 1 aromatic carbocycles. The van der Waals surface area contributed by atoms with Crippen LogP contribution in [0, 0.1) is 0 Å². The van der Waals surface area contributed by atoms with Crippen molar-refractivity contribution in [3.05, 3.63) is 24.0 Å². The number of ether oxygens (including phenoxy) is 1. The summed E-state index contributed by atoms with van der Waals surface area (Å²) in [5.41, 5.74) is 1.88. The van der Waals surface area contributed by atoms with Gasteiger partial charge in [0.2, 0.25) is 0 Å². The minimum absolute atomic E-state index is 0.0898. The second-order valence-corrected chi connectivity index (χ2v) is 4.81. The minimum Gasteiger partial charge on any atom is -0.497 e. The van der Waals surface area contributed by atoms with E-state index in [0.29, 0.717) is 5.75 Å². The number of imidazole rings is 1. The zero-order chi connectivity index (χ0) is 13.1. The van der Waals surface area contributed by atoms with Crippen LogP contribution in [-0.2, 0) is 17.6 Å². The summed E-state index contributed by atoms with van der Waals surface area (Å²) in [6, 6.07) is 5.71. The van der Waals surface area contributed by atoms with Crippen molar-refractivity contribution in [2.45, 2.75) is 5.75 Å². The van der Waals surface area contributed by atoms with Gasteiger partial charge in [-0.15, -0.1) is 11.8 Å². The van der Waals surface area contributed by atoms with Crippen LogP contribution in [0.25, 0.3) is 11.0 Å². The van der Waals surface area contributed by atoms with Crippen LogP contribution in [0.4, 0.5) is 0 Å². The van der Waals surface area contributed by atoms with Crippen molar-refractivity contribution in [3.63, 3.8) is 0 Å². The molecule has 1 aromatic heterocycles. The number of benzene rings is 1. The molecule has 6 heteroatoms. The van der Waals surface area contributed by atoms with Crippen molar-refractivity contribution in [1.29, 1.82) is 0 Å². The summed E-state index contributed by atoms with van der Waals surface area (Å²) in [5, 5.41) is 8.60. The van der Waals surface area contributed by atoms with Gasteiger partial charge in [0.1, 0.15) is 11.6 Å². The summed E-state index contributed by atoms with van der Waals surface area (Å²) >= 11 is 1.34. The quantitative estimate of drug-likeness (QED) is 0.895. The highest BCUT2D eigenvalue weighted by Gasteiger charge is 2.09. The third-order valence-corrected chi connectivity index (χ3v) is 3.55. The van der Waals surface area contributed by atoms with Crippen LogP contribution >= 0.6 is 11.8 Å². The van der Waals surface area contributed by atoms with Crippen LogP contribution in [0.1, 0.15) is 5.82 Å². The van der Waals surface area contributed by atoms with Gasteiger partial charge in [-0.25, -0.2) is 4.98 Å². The van der Waals surface area contributed by atoms with E-state index in [-0.39, 0.29) is 5.75 Å². The largest absolute Gasteiger partial charge is 0.497 e. The summed E-state index contributed by atoms with van der Waals surface area (Å²) in [6.45, 7) is 0. The fourth-order valence-corrected chi connectivity index (χ4v) is 2.43. The summed E-state index contributed by atoms with van der Waals surface area (Å²) in [6.07, 6.45) is 0. The number of aromatic nitrogens is 2. The zero-order valence-corrected chi connectivity index (χ0v) is 11.0. The number of carbonyl (C=O) groups is 1. The molecule has 0 atom stereocenters. The van der Waals surface area contributed by atoms with E-state index in [1.54, 1.807) is 7.11 Å². The van der Waals surface area contributed by atoms with E-state index in [1.165, 1.54) is 11.8 Å². The molecular formula is C12H14N2O3S. The Morgan fingerprint density at radius 1 is 1.56 bits per heavy atom. The molecule has 0 saturated heterocycles. The first-order chi connectivity index (χ1) is 8.61. The zero-order valence-electron chi connectivity index (χ0n) is 10.2. The average molecular weight is 266 g/mol. The van der Waals surface area contributed by atoms with Crippen LogP contribution in [0.3, 0.4) is 0 Å². The monoisotopic (exact) mass is 266 g/mol. The van der Waals surface area contributed by atoms with Gasteiger partial charge >= 0.3 is 5.97 Å². The number of aliphatic carboxylic acids is 1. The minimum atomic E-state index is -0.805. The lowest BCUT2D eigenvalue weighted by Crippen LogP contribution is -2.01. The molecule has 0 amide bonds. The molecule has 0 spiro atoms. The molecule has 96 valence electrons. The third-order valence-electron chi connectivity index (χ3n) is 2.64. The highest BCUT2D eigenvalue weighted by Crippen LogP contribution is 2.22. The summed E-state index contributed by atoms with van der Waals surface area (Å²) in [4.78, 5) is 15.0. The van der Waals surface area contributed by atoms with Crippen LogP contribution in [0.5, 0.6) is 5.75 Å². The average Bonchev–Trinajstić information content (AvgIpc) is 2.65. The van der Waals surface area contributed by atoms with E-state index in [2.05, 4.69) is 4.98 Å². The maximum Gasteiger partial charge on any atom is 0.313 e. The number of aryl methyl sites for hydroxylation is 1. The molecule has 0 unspecified atom stereocenters. The van der Waals surface area contributed by atoms with E-state index in [9.17, 15) is 4.79 Å². The van der Waals surface area contributed by atoms with E-state index in [1.807, 2.05) is 29.8 Å². The number of methoxy groups -OCH3 is 1. The van der Waals surface area contributed by atoms with Crippen LogP contribution < -0.4 is 4.74 Å². The van der Waals surface area contributed by atoms with Gasteiger partial charge in [-0.1, -0.05) is 0 Å². The number of nitrogens with zero attached hydrogens (tertiary/aromatic N) is 2. The Balaban J connectivity index is 2.23. The van der Waals surface area contributed by atoms with Crippen molar-refractivity contribution in [3.8, 4) is 5.75 Å². The number of thioether (sulfide) groups is 1. The predicted molar refractivity (Wildman–Crippen MR) is 71.1 cm³/mol. The van der Waals surface area contributed by atoms with Crippen LogP contribution in [-0.4, -0.2) is 33.5 Å². The van der Waals surface area contributed by atoms with Gasteiger partial charge < -0.3 is 14.4 Å². The molecule has 0 bridgehead atoms. The maximum absolute atomic E-state index is 10.5. The van der Waals surface area contributed by atoms with Crippen molar-refractivity contribution >= 4 is 28.8 Å². The fraction of sp³-hybridized carbons (Fsp3) is 0.333. The molecule has 18 heavy (non-hydrogen) atoms. The van der Waals surface area contributed by atoms with Gasteiger partial charge in [-0.05, 0) is 12.1 Å². The van der Waals surface area contributed by atoms with Gasteiger partial charge in [-0.3, -0.25) is 4.79 Å². The Morgan fingerprint density at radius 2 is 2.33 bits per heavy atom. The number of rotatable bonds is 5. The first-order valence-electron chi connectivity index (χ1n) is 5.40. The van der Waals surface area contributed by atoms with Crippen molar-refractivity contribution < 1.29 is 14.6 Å². The first kappa shape index (κ1) is 12.8. The molecule has 0 aliphatic carbocycles. The van der Waals surface area contributed by atoms with Crippen LogP contribution in [0.2, 0.25) is 0 Å². The van der Waals surface area contributed by atoms with E-state index < -0.39 is 5.97 Å². The number of carboxylic acid groups (broad SMARTS) is 1. The molecule has 0 aliphatic rings. The number of carboxylic acids is 1. The van der Waals surface area contributed by atoms with Crippen molar-refractivity contribution in [1.82, 2.24) is 9.55 Å². The molecule has 0 radical (unpaired) electrons. The van der Waals surface area contributed by atoms with Crippen molar-refractivity contribution in [2.75, 3.05) is 12.9 Å². The molecule has 0 fully saturated rings. The second-order valence-electron chi connectivity index (χ2n) is 3.83. The normalized spacial score (nSPS) is 10.8. The molecule has 2 aromatic rings. The molecular weight excluding hydrogens is 252 g/mol. The molecule has 2 rings (SSSR count). The van der Waals surface area contributed by atoms with E-state index in [0.717, 1.165) is 22.6 Å². The molecule has 0 saturated carbocycles. The van der Waals surface area contributed by atoms with Gasteiger partial charge in [0.05, 0.1) is 29.6 Å².